The Bertz CT molecular complexity index is 1090. The Morgan fingerprint density at radius 3 is 2.10 bits per heavy atom. The summed E-state index contributed by atoms with van der Waals surface area (Å²) in [5.41, 5.74) is 3.85. The first-order valence-electron chi connectivity index (χ1n) is 10.4. The van der Waals surface area contributed by atoms with Crippen molar-refractivity contribution in [1.29, 1.82) is 0 Å². The average Bonchev–Trinajstić information content (AvgIpc) is 2.77. The van der Waals surface area contributed by atoms with Crippen LogP contribution in [0.3, 0.4) is 0 Å². The van der Waals surface area contributed by atoms with Crippen LogP contribution in [0.4, 0.5) is 11.4 Å². The third-order valence-corrected chi connectivity index (χ3v) is 6.16. The van der Waals surface area contributed by atoms with Crippen molar-refractivity contribution in [3.63, 3.8) is 0 Å². The Labute approximate surface area is 184 Å². The molecule has 0 aliphatic carbocycles. The molecule has 0 radical (unpaired) electrons. The molecule has 0 unspecified atom stereocenters. The molecule has 0 atom stereocenters. The molecule has 1 amide bonds. The third kappa shape index (κ3) is 6.43. The topological polar surface area (TPSA) is 66.5 Å². The summed E-state index contributed by atoms with van der Waals surface area (Å²) in [6.45, 7) is 2.40. The monoisotopic (exact) mass is 436 g/mol. The summed E-state index contributed by atoms with van der Waals surface area (Å²) in [6.07, 6.45) is 4.51. The van der Waals surface area contributed by atoms with Gasteiger partial charge < -0.3 is 5.32 Å². The second-order valence-electron chi connectivity index (χ2n) is 7.56. The minimum atomic E-state index is -3.48. The first-order valence-corrected chi connectivity index (χ1v) is 12.2. The zero-order chi connectivity index (χ0) is 22.3. The summed E-state index contributed by atoms with van der Waals surface area (Å²) in [4.78, 5) is 12.6. The molecule has 0 heterocycles. The number of anilines is 2. The Morgan fingerprint density at radius 2 is 1.52 bits per heavy atom. The van der Waals surface area contributed by atoms with Gasteiger partial charge in [-0.3, -0.25) is 9.10 Å². The lowest BCUT2D eigenvalue weighted by atomic mass is 10.1. The van der Waals surface area contributed by atoms with Gasteiger partial charge in [-0.25, -0.2) is 8.42 Å². The molecule has 0 fully saturated rings. The van der Waals surface area contributed by atoms with Gasteiger partial charge in [-0.15, -0.1) is 0 Å². The van der Waals surface area contributed by atoms with E-state index in [9.17, 15) is 13.2 Å². The predicted molar refractivity (Wildman–Crippen MR) is 127 cm³/mol. The molecule has 0 saturated carbocycles. The summed E-state index contributed by atoms with van der Waals surface area (Å²) >= 11 is 0. The number of nitrogens with one attached hydrogen (secondary N) is 1. The number of unbranched alkanes of at least 4 members (excludes halogenated alkanes) is 1. The van der Waals surface area contributed by atoms with Crippen LogP contribution in [-0.4, -0.2) is 20.6 Å². The van der Waals surface area contributed by atoms with E-state index in [1.54, 1.807) is 24.3 Å². The maximum absolute atomic E-state index is 12.6. The van der Waals surface area contributed by atoms with Crippen molar-refractivity contribution in [2.45, 2.75) is 32.7 Å². The zero-order valence-electron chi connectivity index (χ0n) is 17.9. The van der Waals surface area contributed by atoms with Crippen molar-refractivity contribution in [1.82, 2.24) is 0 Å². The summed E-state index contributed by atoms with van der Waals surface area (Å²) in [5, 5.41) is 2.89. The number of aryl methyl sites for hydroxylation is 1. The minimum Gasteiger partial charge on any atom is -0.322 e. The largest absolute Gasteiger partial charge is 0.322 e. The van der Waals surface area contributed by atoms with E-state index < -0.39 is 10.0 Å². The number of benzene rings is 3. The van der Waals surface area contributed by atoms with Gasteiger partial charge in [-0.1, -0.05) is 55.8 Å². The lowest BCUT2D eigenvalue weighted by Gasteiger charge is -2.22. The number of carbonyl (C=O) groups excluding carboxylic acids is 1. The number of nitrogens with zero attached hydrogens (tertiary/aromatic N) is 1. The molecule has 3 aromatic carbocycles. The number of hydrogen-bond acceptors (Lipinski definition) is 3. The second kappa shape index (κ2) is 10.3. The van der Waals surface area contributed by atoms with Crippen LogP contribution < -0.4 is 9.62 Å². The predicted octanol–water partition coefficient (Wildman–Crippen LogP) is 5.25. The van der Waals surface area contributed by atoms with E-state index in [0.717, 1.165) is 30.5 Å². The summed E-state index contributed by atoms with van der Waals surface area (Å²) in [5.74, 6) is -0.234. The van der Waals surface area contributed by atoms with Crippen molar-refractivity contribution >= 4 is 27.3 Å². The Morgan fingerprint density at radius 1 is 0.871 bits per heavy atom. The fourth-order valence-electron chi connectivity index (χ4n) is 3.27. The molecule has 5 nitrogen and oxygen atoms in total. The van der Waals surface area contributed by atoms with E-state index in [-0.39, 0.29) is 12.5 Å². The van der Waals surface area contributed by atoms with Gasteiger partial charge in [0.25, 0.3) is 5.91 Å². The molecule has 0 saturated heterocycles. The normalized spacial score (nSPS) is 11.2. The molecule has 0 aliphatic rings. The third-order valence-electron chi connectivity index (χ3n) is 5.02. The molecule has 0 aromatic heterocycles. The Hall–Kier alpha value is -3.12. The number of rotatable bonds is 9. The van der Waals surface area contributed by atoms with Crippen molar-refractivity contribution < 1.29 is 13.2 Å². The fraction of sp³-hybridized carbons (Fsp3) is 0.240. The van der Waals surface area contributed by atoms with Gasteiger partial charge in [0.15, 0.2) is 0 Å². The Kier molecular flexibility index (Phi) is 7.47. The van der Waals surface area contributed by atoms with Crippen LogP contribution in [0.25, 0.3) is 0 Å². The lowest BCUT2D eigenvalue weighted by Crippen LogP contribution is -2.29. The van der Waals surface area contributed by atoms with Crippen molar-refractivity contribution in [2.24, 2.45) is 0 Å². The van der Waals surface area contributed by atoms with Crippen LogP contribution in [0.1, 0.15) is 41.3 Å². The molecule has 6 heteroatoms. The minimum absolute atomic E-state index is 0.232. The van der Waals surface area contributed by atoms with E-state index in [1.807, 2.05) is 54.6 Å². The van der Waals surface area contributed by atoms with Crippen molar-refractivity contribution in [2.75, 3.05) is 15.9 Å². The highest BCUT2D eigenvalue weighted by molar-refractivity contribution is 7.92. The summed E-state index contributed by atoms with van der Waals surface area (Å²) < 4.78 is 26.0. The Balaban J connectivity index is 1.71. The van der Waals surface area contributed by atoms with Gasteiger partial charge >= 0.3 is 0 Å². The van der Waals surface area contributed by atoms with Crippen LogP contribution in [-0.2, 0) is 23.0 Å². The molecule has 0 aliphatic heterocycles. The van der Waals surface area contributed by atoms with Crippen molar-refractivity contribution in [3.8, 4) is 0 Å². The first kappa shape index (κ1) is 22.6. The van der Waals surface area contributed by atoms with Crippen LogP contribution in [0, 0.1) is 0 Å². The van der Waals surface area contributed by atoms with Crippen LogP contribution in [0.5, 0.6) is 0 Å². The average molecular weight is 437 g/mol. The highest BCUT2D eigenvalue weighted by atomic mass is 32.2. The molecule has 3 aromatic rings. The molecular weight excluding hydrogens is 408 g/mol. The lowest BCUT2D eigenvalue weighted by molar-refractivity contribution is 0.102. The van der Waals surface area contributed by atoms with Gasteiger partial charge in [0.1, 0.15) is 0 Å². The van der Waals surface area contributed by atoms with Gasteiger partial charge in [0.2, 0.25) is 10.0 Å². The standard InChI is InChI=1S/C25H28N2O3S/c1-3-4-8-20-11-15-23(16-12-20)26-25(28)22-13-17-24(18-14-22)27(31(2,29)30)19-21-9-6-5-7-10-21/h5-7,9-18H,3-4,8,19H2,1-2H3,(H,26,28). The number of sulfonamides is 1. The highest BCUT2D eigenvalue weighted by Gasteiger charge is 2.18. The van der Waals surface area contributed by atoms with Gasteiger partial charge in [0.05, 0.1) is 18.5 Å². The number of carbonyl (C=O) groups is 1. The van der Waals surface area contributed by atoms with Gasteiger partial charge in [-0.2, -0.15) is 0 Å². The highest BCUT2D eigenvalue weighted by Crippen LogP contribution is 2.22. The van der Waals surface area contributed by atoms with E-state index in [0.29, 0.717) is 11.3 Å². The first-order chi connectivity index (χ1) is 14.9. The molecule has 0 bridgehead atoms. The van der Waals surface area contributed by atoms with Crippen molar-refractivity contribution in [3.05, 3.63) is 95.6 Å². The van der Waals surface area contributed by atoms with E-state index in [1.165, 1.54) is 16.1 Å². The molecule has 1 N–H and O–H groups in total. The van der Waals surface area contributed by atoms with Gasteiger partial charge in [0, 0.05) is 11.3 Å². The summed E-state index contributed by atoms with van der Waals surface area (Å²) in [6, 6.07) is 23.9. The zero-order valence-corrected chi connectivity index (χ0v) is 18.7. The van der Waals surface area contributed by atoms with Crippen LogP contribution in [0.15, 0.2) is 78.9 Å². The molecule has 162 valence electrons. The molecular formula is C25H28N2O3S. The number of hydrogen-bond donors (Lipinski definition) is 1. The SMILES string of the molecule is CCCCc1ccc(NC(=O)c2ccc(N(Cc3ccccc3)S(C)(=O)=O)cc2)cc1. The number of amides is 1. The second-order valence-corrected chi connectivity index (χ2v) is 9.46. The van der Waals surface area contributed by atoms with E-state index in [2.05, 4.69) is 12.2 Å². The van der Waals surface area contributed by atoms with Crippen LogP contribution in [0.2, 0.25) is 0 Å². The quantitative estimate of drug-likeness (QED) is 0.498. The van der Waals surface area contributed by atoms with Crippen LogP contribution >= 0.6 is 0 Å². The maximum atomic E-state index is 12.6. The smallest absolute Gasteiger partial charge is 0.255 e. The van der Waals surface area contributed by atoms with E-state index in [4.69, 9.17) is 0 Å². The molecule has 31 heavy (non-hydrogen) atoms. The van der Waals surface area contributed by atoms with Gasteiger partial charge in [-0.05, 0) is 60.4 Å². The molecule has 0 spiro atoms. The maximum Gasteiger partial charge on any atom is 0.255 e. The van der Waals surface area contributed by atoms with E-state index >= 15 is 0 Å². The summed E-state index contributed by atoms with van der Waals surface area (Å²) in [7, 11) is -3.48. The fourth-order valence-corrected chi connectivity index (χ4v) is 4.16. The molecule has 3 rings (SSSR count).